The van der Waals surface area contributed by atoms with Crippen molar-refractivity contribution < 1.29 is 22.3 Å². The van der Waals surface area contributed by atoms with Crippen molar-refractivity contribution in [3.8, 4) is 0 Å². The lowest BCUT2D eigenvalue weighted by Gasteiger charge is -2.28. The second kappa shape index (κ2) is 5.51. The lowest BCUT2D eigenvalue weighted by atomic mass is 10.2. The summed E-state index contributed by atoms with van der Waals surface area (Å²) in [6, 6.07) is 11.8. The number of benzene rings is 2. The molecule has 0 aromatic heterocycles. The van der Waals surface area contributed by atoms with E-state index in [1.807, 2.05) is 0 Å². The number of rotatable bonds is 2. The lowest BCUT2D eigenvalue weighted by molar-refractivity contribution is -0.135. The summed E-state index contributed by atoms with van der Waals surface area (Å²) in [7, 11) is -2.89. The molecule has 7 heteroatoms. The van der Waals surface area contributed by atoms with Crippen molar-refractivity contribution >= 4 is 27.2 Å². The van der Waals surface area contributed by atoms with Crippen LogP contribution in [-0.4, -0.2) is 21.5 Å². The van der Waals surface area contributed by atoms with Gasteiger partial charge in [0.1, 0.15) is 5.82 Å². The number of fused-ring (bicyclic) bond motifs is 1. The Hall–Kier alpha value is -2.67. The minimum atomic E-state index is -3.99. The highest BCUT2D eigenvalue weighted by Crippen LogP contribution is 2.39. The van der Waals surface area contributed by atoms with Crippen LogP contribution >= 0.6 is 0 Å². The highest BCUT2D eigenvalue weighted by molar-refractivity contribution is 7.96. The minimum absolute atomic E-state index is 0.0350. The Kier molecular flexibility index (Phi) is 3.65. The van der Waals surface area contributed by atoms with Gasteiger partial charge in [0.15, 0.2) is 4.91 Å². The number of halogens is 1. The number of hydrogen-bond donors (Lipinski definition) is 0. The molecule has 23 heavy (non-hydrogen) atoms. The third kappa shape index (κ3) is 2.49. The molecular formula is C16H12FNO4S. The number of nitrogens with zero attached hydrogens (tertiary/aromatic N) is 1. The van der Waals surface area contributed by atoms with Crippen LogP contribution in [0.5, 0.6) is 0 Å². The molecule has 2 aromatic carbocycles. The number of carbonyl (C=O) groups excluding carboxylic acids is 1. The third-order valence-electron chi connectivity index (χ3n) is 3.42. The Morgan fingerprint density at radius 1 is 1.13 bits per heavy atom. The fourth-order valence-electron chi connectivity index (χ4n) is 2.36. The summed E-state index contributed by atoms with van der Waals surface area (Å²) in [5, 5.41) is 0. The smallest absolute Gasteiger partial charge is 0.351 e. The number of esters is 1. The van der Waals surface area contributed by atoms with Gasteiger partial charge in [-0.3, -0.25) is 0 Å². The second-order valence-electron chi connectivity index (χ2n) is 4.81. The van der Waals surface area contributed by atoms with Gasteiger partial charge in [0.2, 0.25) is 9.84 Å². The monoisotopic (exact) mass is 333 g/mol. The number of hydrogen-bond acceptors (Lipinski definition) is 5. The molecule has 0 saturated carbocycles. The van der Waals surface area contributed by atoms with Gasteiger partial charge in [-0.1, -0.05) is 18.2 Å². The zero-order chi connectivity index (χ0) is 16.6. The fourth-order valence-corrected chi connectivity index (χ4v) is 3.84. The topological polar surface area (TPSA) is 63.7 Å². The predicted octanol–water partition coefficient (Wildman–Crippen LogP) is 2.77. The molecule has 118 valence electrons. The quantitative estimate of drug-likeness (QED) is 0.791. The standard InChI is InChI=1S/C16H12FNO4S/c1-22-16(19)15-10-18(12-6-4-5-11(17)9-12)13-7-2-3-8-14(13)23(15,20)21/h2-10H,1H3. The Balaban J connectivity index is 2.28. The molecule has 0 N–H and O–H groups in total. The first kappa shape index (κ1) is 15.2. The summed E-state index contributed by atoms with van der Waals surface area (Å²) in [6.45, 7) is 0. The van der Waals surface area contributed by atoms with Crippen molar-refractivity contribution in [1.29, 1.82) is 0 Å². The molecule has 1 aliphatic heterocycles. The number of anilines is 2. The first-order valence-corrected chi connectivity index (χ1v) is 8.12. The summed E-state index contributed by atoms with van der Waals surface area (Å²) in [4.78, 5) is 12.8. The first-order valence-electron chi connectivity index (χ1n) is 6.64. The van der Waals surface area contributed by atoms with Crippen LogP contribution < -0.4 is 4.90 Å². The van der Waals surface area contributed by atoms with E-state index in [4.69, 9.17) is 0 Å². The average molecular weight is 333 g/mol. The molecule has 0 unspecified atom stereocenters. The molecule has 0 radical (unpaired) electrons. The van der Waals surface area contributed by atoms with E-state index in [9.17, 15) is 17.6 Å². The summed E-state index contributed by atoms with van der Waals surface area (Å²) in [5.74, 6) is -1.44. The summed E-state index contributed by atoms with van der Waals surface area (Å²) in [6.07, 6.45) is 1.15. The number of para-hydroxylation sites is 1. The molecule has 3 rings (SSSR count). The molecule has 0 bridgehead atoms. The van der Waals surface area contributed by atoms with Crippen LogP contribution in [0.1, 0.15) is 0 Å². The Morgan fingerprint density at radius 2 is 1.87 bits per heavy atom. The van der Waals surface area contributed by atoms with Crippen molar-refractivity contribution in [2.45, 2.75) is 4.90 Å². The van der Waals surface area contributed by atoms with Gasteiger partial charge in [0, 0.05) is 11.9 Å². The molecular weight excluding hydrogens is 321 g/mol. The Bertz CT molecular complexity index is 921. The molecule has 1 aliphatic rings. The summed E-state index contributed by atoms with van der Waals surface area (Å²) >= 11 is 0. The molecule has 0 saturated heterocycles. The van der Waals surface area contributed by atoms with Gasteiger partial charge in [-0.05, 0) is 30.3 Å². The SMILES string of the molecule is COC(=O)C1=CN(c2cccc(F)c2)c2ccccc2S1(=O)=O. The van der Waals surface area contributed by atoms with Crippen LogP contribution in [0.4, 0.5) is 15.8 Å². The molecule has 0 spiro atoms. The molecule has 0 atom stereocenters. The molecule has 0 fully saturated rings. The van der Waals surface area contributed by atoms with E-state index in [0.717, 1.165) is 13.3 Å². The van der Waals surface area contributed by atoms with E-state index < -0.39 is 26.5 Å². The highest BCUT2D eigenvalue weighted by Gasteiger charge is 2.36. The first-order chi connectivity index (χ1) is 10.9. The number of methoxy groups -OCH3 is 1. The average Bonchev–Trinajstić information content (AvgIpc) is 2.54. The number of sulfone groups is 1. The van der Waals surface area contributed by atoms with Crippen LogP contribution in [0, 0.1) is 5.82 Å². The van der Waals surface area contributed by atoms with Crippen molar-refractivity contribution in [3.05, 3.63) is 65.5 Å². The summed E-state index contributed by atoms with van der Waals surface area (Å²) in [5.41, 5.74) is 0.736. The number of carbonyl (C=O) groups is 1. The fraction of sp³-hybridized carbons (Fsp3) is 0.0625. The van der Waals surface area contributed by atoms with Gasteiger partial charge >= 0.3 is 5.97 Å². The van der Waals surface area contributed by atoms with Crippen LogP contribution in [-0.2, 0) is 19.4 Å². The number of ether oxygens (including phenoxy) is 1. The maximum absolute atomic E-state index is 13.5. The van der Waals surface area contributed by atoms with E-state index >= 15 is 0 Å². The van der Waals surface area contributed by atoms with Gasteiger partial charge < -0.3 is 9.64 Å². The van der Waals surface area contributed by atoms with E-state index in [2.05, 4.69) is 4.74 Å². The van der Waals surface area contributed by atoms with Crippen LogP contribution in [0.2, 0.25) is 0 Å². The van der Waals surface area contributed by atoms with Crippen LogP contribution in [0.3, 0.4) is 0 Å². The minimum Gasteiger partial charge on any atom is -0.465 e. The maximum Gasteiger partial charge on any atom is 0.351 e. The molecule has 1 heterocycles. The Labute approximate surface area is 132 Å². The lowest BCUT2D eigenvalue weighted by Crippen LogP contribution is -2.26. The second-order valence-corrected chi connectivity index (χ2v) is 6.69. The zero-order valence-corrected chi connectivity index (χ0v) is 12.9. The predicted molar refractivity (Wildman–Crippen MR) is 82.3 cm³/mol. The van der Waals surface area contributed by atoms with E-state index in [0.29, 0.717) is 11.4 Å². The summed E-state index contributed by atoms with van der Waals surface area (Å²) < 4.78 is 43.2. The highest BCUT2D eigenvalue weighted by atomic mass is 32.2. The molecule has 0 amide bonds. The van der Waals surface area contributed by atoms with Gasteiger partial charge in [-0.15, -0.1) is 0 Å². The molecule has 2 aromatic rings. The normalized spacial score (nSPS) is 15.6. The molecule has 5 nitrogen and oxygen atoms in total. The molecule has 0 aliphatic carbocycles. The Morgan fingerprint density at radius 3 is 2.57 bits per heavy atom. The van der Waals surface area contributed by atoms with Crippen molar-refractivity contribution in [2.75, 3.05) is 12.0 Å². The van der Waals surface area contributed by atoms with Gasteiger partial charge in [-0.2, -0.15) is 0 Å². The van der Waals surface area contributed by atoms with Gasteiger partial charge in [-0.25, -0.2) is 17.6 Å². The van der Waals surface area contributed by atoms with Crippen molar-refractivity contribution in [3.63, 3.8) is 0 Å². The van der Waals surface area contributed by atoms with E-state index in [1.54, 1.807) is 24.3 Å². The van der Waals surface area contributed by atoms with Crippen molar-refractivity contribution in [2.24, 2.45) is 0 Å². The van der Waals surface area contributed by atoms with Crippen LogP contribution in [0.25, 0.3) is 0 Å². The zero-order valence-electron chi connectivity index (χ0n) is 12.1. The van der Waals surface area contributed by atoms with Crippen LogP contribution in [0.15, 0.2) is 64.5 Å². The van der Waals surface area contributed by atoms with Crippen molar-refractivity contribution in [1.82, 2.24) is 0 Å². The largest absolute Gasteiger partial charge is 0.465 e. The third-order valence-corrected chi connectivity index (χ3v) is 5.20. The van der Waals surface area contributed by atoms with E-state index in [1.165, 1.54) is 29.2 Å². The van der Waals surface area contributed by atoms with E-state index in [-0.39, 0.29) is 4.90 Å². The maximum atomic E-state index is 13.5. The van der Waals surface area contributed by atoms with Gasteiger partial charge in [0.05, 0.1) is 17.7 Å². The van der Waals surface area contributed by atoms with Gasteiger partial charge in [0.25, 0.3) is 0 Å².